The maximum Gasteiger partial charge on any atom is 0.122 e. The lowest BCUT2D eigenvalue weighted by Crippen LogP contribution is -2.12. The Morgan fingerprint density at radius 3 is 2.73 bits per heavy atom. The van der Waals surface area contributed by atoms with Crippen LogP contribution in [0.2, 0.25) is 0 Å². The first-order valence-corrected chi connectivity index (χ1v) is 5.09. The van der Waals surface area contributed by atoms with Gasteiger partial charge in [0.1, 0.15) is 5.82 Å². The van der Waals surface area contributed by atoms with E-state index >= 15 is 0 Å². The number of nitrogens with two attached hydrogens (primary N) is 1. The molecule has 0 saturated heterocycles. The molecule has 0 spiro atoms. The van der Waals surface area contributed by atoms with Crippen molar-refractivity contribution in [3.8, 4) is 0 Å². The van der Waals surface area contributed by atoms with E-state index < -0.39 is 0 Å². The first kappa shape index (κ1) is 9.93. The maximum absolute atomic E-state index is 5.63. The summed E-state index contributed by atoms with van der Waals surface area (Å²) in [6.45, 7) is 2.63. The molecule has 1 aromatic carbocycles. The smallest absolute Gasteiger partial charge is 0.122 e. The molecule has 15 heavy (non-hydrogen) atoms. The summed E-state index contributed by atoms with van der Waals surface area (Å²) in [6, 6.07) is 10.6. The Bertz CT molecular complexity index is 419. The van der Waals surface area contributed by atoms with E-state index in [4.69, 9.17) is 5.73 Å². The van der Waals surface area contributed by atoms with Crippen LogP contribution < -0.4 is 5.73 Å². The van der Waals surface area contributed by atoms with Gasteiger partial charge in [0.15, 0.2) is 0 Å². The van der Waals surface area contributed by atoms with Crippen LogP contribution in [0.5, 0.6) is 0 Å². The fourth-order valence-corrected chi connectivity index (χ4v) is 1.75. The molecule has 0 radical (unpaired) electrons. The number of rotatable bonds is 3. The Kier molecular flexibility index (Phi) is 2.83. The second kappa shape index (κ2) is 4.28. The molecule has 1 aromatic heterocycles. The number of hydrogen-bond donors (Lipinski definition) is 1. The predicted molar refractivity (Wildman–Crippen MR) is 60.4 cm³/mol. The zero-order chi connectivity index (χ0) is 10.7. The maximum atomic E-state index is 5.63. The highest BCUT2D eigenvalue weighted by Crippen LogP contribution is 2.18. The van der Waals surface area contributed by atoms with E-state index in [1.807, 2.05) is 24.4 Å². The molecule has 3 nitrogen and oxygen atoms in total. The second-order valence-electron chi connectivity index (χ2n) is 3.54. The van der Waals surface area contributed by atoms with Gasteiger partial charge in [0.2, 0.25) is 0 Å². The van der Waals surface area contributed by atoms with Gasteiger partial charge in [-0.05, 0) is 12.5 Å². The summed E-state index contributed by atoms with van der Waals surface area (Å²) in [7, 11) is 0. The van der Waals surface area contributed by atoms with Crippen molar-refractivity contribution < 1.29 is 0 Å². The highest BCUT2D eigenvalue weighted by molar-refractivity contribution is 5.20. The first-order chi connectivity index (χ1) is 7.33. The normalized spacial score (nSPS) is 12.7. The largest absolute Gasteiger partial charge is 0.327 e. The number of imidazole rings is 1. The van der Waals surface area contributed by atoms with E-state index in [0.717, 1.165) is 5.82 Å². The van der Waals surface area contributed by atoms with Crippen molar-refractivity contribution in [2.75, 3.05) is 0 Å². The SMILES string of the molecule is CC(c1ccccc1)n1ccnc1CN. The number of benzene rings is 1. The van der Waals surface area contributed by atoms with Crippen LogP contribution in [-0.4, -0.2) is 9.55 Å². The molecule has 0 amide bonds. The molecule has 2 rings (SSSR count). The third-order valence-corrected chi connectivity index (χ3v) is 2.63. The molecular weight excluding hydrogens is 186 g/mol. The van der Waals surface area contributed by atoms with Crippen LogP contribution in [0.3, 0.4) is 0 Å². The van der Waals surface area contributed by atoms with Crippen molar-refractivity contribution >= 4 is 0 Å². The lowest BCUT2D eigenvalue weighted by atomic mass is 10.1. The molecule has 0 bridgehead atoms. The molecule has 78 valence electrons. The number of hydrogen-bond acceptors (Lipinski definition) is 2. The summed E-state index contributed by atoms with van der Waals surface area (Å²) in [5.74, 6) is 0.923. The summed E-state index contributed by atoms with van der Waals surface area (Å²) >= 11 is 0. The van der Waals surface area contributed by atoms with Crippen LogP contribution in [-0.2, 0) is 6.54 Å². The van der Waals surface area contributed by atoms with Crippen LogP contribution in [0.15, 0.2) is 42.7 Å². The molecule has 3 heteroatoms. The van der Waals surface area contributed by atoms with Crippen LogP contribution in [0.1, 0.15) is 24.4 Å². The minimum absolute atomic E-state index is 0.284. The average Bonchev–Trinajstić information content (AvgIpc) is 2.77. The van der Waals surface area contributed by atoms with Crippen LogP contribution in [0.25, 0.3) is 0 Å². The Labute approximate surface area is 89.6 Å². The molecule has 0 aliphatic carbocycles. The Morgan fingerprint density at radius 2 is 2.07 bits per heavy atom. The molecule has 1 unspecified atom stereocenters. The quantitative estimate of drug-likeness (QED) is 0.824. The fourth-order valence-electron chi connectivity index (χ4n) is 1.75. The fraction of sp³-hybridized carbons (Fsp3) is 0.250. The van der Waals surface area contributed by atoms with Crippen molar-refractivity contribution in [1.82, 2.24) is 9.55 Å². The number of aromatic nitrogens is 2. The van der Waals surface area contributed by atoms with Gasteiger partial charge < -0.3 is 10.3 Å². The highest BCUT2D eigenvalue weighted by Gasteiger charge is 2.09. The van der Waals surface area contributed by atoms with Crippen LogP contribution in [0, 0.1) is 0 Å². The van der Waals surface area contributed by atoms with Crippen molar-refractivity contribution in [2.45, 2.75) is 19.5 Å². The third kappa shape index (κ3) is 1.92. The zero-order valence-electron chi connectivity index (χ0n) is 8.80. The Hall–Kier alpha value is -1.61. The molecular formula is C12H15N3. The van der Waals surface area contributed by atoms with Crippen molar-refractivity contribution in [2.24, 2.45) is 5.73 Å². The van der Waals surface area contributed by atoms with Gasteiger partial charge in [-0.15, -0.1) is 0 Å². The van der Waals surface area contributed by atoms with E-state index in [1.165, 1.54) is 5.56 Å². The van der Waals surface area contributed by atoms with E-state index in [2.05, 4.69) is 28.6 Å². The highest BCUT2D eigenvalue weighted by atomic mass is 15.1. The molecule has 1 heterocycles. The van der Waals surface area contributed by atoms with Crippen molar-refractivity contribution in [1.29, 1.82) is 0 Å². The molecule has 0 fully saturated rings. The van der Waals surface area contributed by atoms with Crippen molar-refractivity contribution in [3.05, 3.63) is 54.1 Å². The minimum atomic E-state index is 0.284. The van der Waals surface area contributed by atoms with Gasteiger partial charge in [0, 0.05) is 12.4 Å². The van der Waals surface area contributed by atoms with Gasteiger partial charge in [-0.3, -0.25) is 0 Å². The minimum Gasteiger partial charge on any atom is -0.327 e. The number of nitrogens with zero attached hydrogens (tertiary/aromatic N) is 2. The first-order valence-electron chi connectivity index (χ1n) is 5.09. The topological polar surface area (TPSA) is 43.8 Å². The lowest BCUT2D eigenvalue weighted by molar-refractivity contribution is 0.602. The van der Waals surface area contributed by atoms with Gasteiger partial charge in [-0.25, -0.2) is 4.98 Å². The summed E-state index contributed by atoms with van der Waals surface area (Å²) < 4.78 is 2.11. The van der Waals surface area contributed by atoms with Gasteiger partial charge in [0.25, 0.3) is 0 Å². The Morgan fingerprint density at radius 1 is 1.33 bits per heavy atom. The third-order valence-electron chi connectivity index (χ3n) is 2.63. The molecule has 0 aliphatic heterocycles. The van der Waals surface area contributed by atoms with Gasteiger partial charge in [0.05, 0.1) is 12.6 Å². The van der Waals surface area contributed by atoms with E-state index in [1.54, 1.807) is 6.20 Å². The summed E-state index contributed by atoms with van der Waals surface area (Å²) in [4.78, 5) is 4.22. The average molecular weight is 201 g/mol. The summed E-state index contributed by atoms with van der Waals surface area (Å²) in [6.07, 6.45) is 3.77. The van der Waals surface area contributed by atoms with Gasteiger partial charge in [-0.2, -0.15) is 0 Å². The summed E-state index contributed by atoms with van der Waals surface area (Å²) in [5.41, 5.74) is 6.90. The van der Waals surface area contributed by atoms with Gasteiger partial charge >= 0.3 is 0 Å². The van der Waals surface area contributed by atoms with Crippen molar-refractivity contribution in [3.63, 3.8) is 0 Å². The lowest BCUT2D eigenvalue weighted by Gasteiger charge is -2.16. The predicted octanol–water partition coefficient (Wildman–Crippen LogP) is 1.95. The zero-order valence-corrected chi connectivity index (χ0v) is 8.80. The molecule has 0 aliphatic rings. The van der Waals surface area contributed by atoms with E-state index in [0.29, 0.717) is 6.54 Å². The molecule has 0 saturated carbocycles. The molecule has 2 N–H and O–H groups in total. The Balaban J connectivity index is 2.32. The molecule has 2 aromatic rings. The molecule has 1 atom stereocenters. The van der Waals surface area contributed by atoms with Gasteiger partial charge in [-0.1, -0.05) is 30.3 Å². The van der Waals surface area contributed by atoms with E-state index in [-0.39, 0.29) is 6.04 Å². The monoisotopic (exact) mass is 201 g/mol. The van der Waals surface area contributed by atoms with Crippen LogP contribution in [0.4, 0.5) is 0 Å². The summed E-state index contributed by atoms with van der Waals surface area (Å²) in [5, 5.41) is 0. The van der Waals surface area contributed by atoms with Crippen LogP contribution >= 0.6 is 0 Å². The standard InChI is InChI=1S/C12H15N3/c1-10(11-5-3-2-4-6-11)15-8-7-14-12(15)9-13/h2-8,10H,9,13H2,1H3. The van der Waals surface area contributed by atoms with E-state index in [9.17, 15) is 0 Å². The second-order valence-corrected chi connectivity index (χ2v) is 3.54.